The van der Waals surface area contributed by atoms with E-state index in [1.54, 1.807) is 12.1 Å². The average molecular weight is 269 g/mol. The number of nitro groups is 1. The van der Waals surface area contributed by atoms with E-state index in [2.05, 4.69) is 11.5 Å². The van der Waals surface area contributed by atoms with Gasteiger partial charge in [-0.1, -0.05) is 6.08 Å². The quantitative estimate of drug-likeness (QED) is 0.238. The number of hydrogen-bond acceptors (Lipinski definition) is 3. The number of unbranched alkanes of at least 4 members (excludes halogenated alkanes) is 1. The van der Waals surface area contributed by atoms with Crippen molar-refractivity contribution in [2.45, 2.75) is 12.8 Å². The Hall–Kier alpha value is -1.55. The average Bonchev–Trinajstić information content (AvgIpc) is 2.38. The summed E-state index contributed by atoms with van der Waals surface area (Å²) < 4.78 is 0. The van der Waals surface area contributed by atoms with Crippen LogP contribution in [-0.2, 0) is 0 Å². The summed E-state index contributed by atoms with van der Waals surface area (Å²) in [6.07, 6.45) is 3.78. The van der Waals surface area contributed by atoms with E-state index in [-0.39, 0.29) is 5.69 Å². The molecule has 0 saturated heterocycles. The van der Waals surface area contributed by atoms with Crippen molar-refractivity contribution in [3.8, 4) is 0 Å². The van der Waals surface area contributed by atoms with Gasteiger partial charge in [-0.2, -0.15) is 0 Å². The standard InChI is InChI=1S/C13H17ClN2O2/c1-2-10-15(11-4-3-9-14)12-5-7-13(8-6-12)16(17)18/h2,5-8H,1,3-4,9-11H2. The molecule has 0 saturated carbocycles. The van der Waals surface area contributed by atoms with Crippen LogP contribution >= 0.6 is 11.6 Å². The van der Waals surface area contributed by atoms with Crippen molar-refractivity contribution in [2.75, 3.05) is 23.9 Å². The number of rotatable bonds is 8. The lowest BCUT2D eigenvalue weighted by Gasteiger charge is -2.23. The van der Waals surface area contributed by atoms with E-state index in [0.717, 1.165) is 31.6 Å². The summed E-state index contributed by atoms with van der Waals surface area (Å²) in [5.41, 5.74) is 1.08. The van der Waals surface area contributed by atoms with Crippen LogP contribution in [0.3, 0.4) is 0 Å². The van der Waals surface area contributed by atoms with Crippen molar-refractivity contribution in [3.63, 3.8) is 0 Å². The highest BCUT2D eigenvalue weighted by atomic mass is 35.5. The zero-order chi connectivity index (χ0) is 13.4. The molecule has 0 heterocycles. The molecule has 0 aliphatic rings. The van der Waals surface area contributed by atoms with Crippen LogP contribution in [-0.4, -0.2) is 23.9 Å². The van der Waals surface area contributed by atoms with Gasteiger partial charge in [0.25, 0.3) is 5.69 Å². The van der Waals surface area contributed by atoms with Crippen LogP contribution < -0.4 is 4.90 Å². The zero-order valence-electron chi connectivity index (χ0n) is 10.2. The van der Waals surface area contributed by atoms with Gasteiger partial charge in [-0.05, 0) is 25.0 Å². The molecule has 98 valence electrons. The molecule has 0 radical (unpaired) electrons. The van der Waals surface area contributed by atoms with Gasteiger partial charge >= 0.3 is 0 Å². The molecule has 5 heteroatoms. The summed E-state index contributed by atoms with van der Waals surface area (Å²) >= 11 is 5.65. The number of nitrogens with zero attached hydrogens (tertiary/aromatic N) is 2. The highest BCUT2D eigenvalue weighted by molar-refractivity contribution is 6.17. The summed E-state index contributed by atoms with van der Waals surface area (Å²) in [4.78, 5) is 12.3. The van der Waals surface area contributed by atoms with Gasteiger partial charge in [0.2, 0.25) is 0 Å². The Morgan fingerprint density at radius 1 is 1.33 bits per heavy atom. The molecule has 1 rings (SSSR count). The van der Waals surface area contributed by atoms with E-state index >= 15 is 0 Å². The molecule has 0 fully saturated rings. The first-order chi connectivity index (χ1) is 8.69. The van der Waals surface area contributed by atoms with Gasteiger partial charge in [-0.15, -0.1) is 18.2 Å². The fourth-order valence-electron chi connectivity index (χ4n) is 1.66. The largest absolute Gasteiger partial charge is 0.368 e. The second-order valence-corrected chi connectivity index (χ2v) is 4.28. The van der Waals surface area contributed by atoms with Gasteiger partial charge in [-0.3, -0.25) is 10.1 Å². The van der Waals surface area contributed by atoms with E-state index in [0.29, 0.717) is 5.88 Å². The molecule has 0 aliphatic heterocycles. The fourth-order valence-corrected chi connectivity index (χ4v) is 1.85. The van der Waals surface area contributed by atoms with E-state index < -0.39 is 4.92 Å². The highest BCUT2D eigenvalue weighted by Gasteiger charge is 2.08. The maximum atomic E-state index is 10.6. The minimum atomic E-state index is -0.394. The zero-order valence-corrected chi connectivity index (χ0v) is 11.0. The van der Waals surface area contributed by atoms with Crippen LogP contribution in [0.15, 0.2) is 36.9 Å². The molecule has 0 bridgehead atoms. The molecule has 18 heavy (non-hydrogen) atoms. The first-order valence-electron chi connectivity index (χ1n) is 5.85. The fraction of sp³-hybridized carbons (Fsp3) is 0.385. The maximum Gasteiger partial charge on any atom is 0.269 e. The Kier molecular flexibility index (Phi) is 6.22. The Morgan fingerprint density at radius 2 is 2.00 bits per heavy atom. The third kappa shape index (κ3) is 4.37. The lowest BCUT2D eigenvalue weighted by molar-refractivity contribution is -0.384. The van der Waals surface area contributed by atoms with E-state index in [1.807, 2.05) is 6.08 Å². The Labute approximate surface area is 112 Å². The predicted octanol–water partition coefficient (Wildman–Crippen LogP) is 3.61. The normalized spacial score (nSPS) is 10.1. The van der Waals surface area contributed by atoms with Crippen LogP contribution in [0.4, 0.5) is 11.4 Å². The molecule has 1 aromatic carbocycles. The van der Waals surface area contributed by atoms with Gasteiger partial charge < -0.3 is 4.90 Å². The molecule has 4 nitrogen and oxygen atoms in total. The molecule has 1 aromatic rings. The number of halogens is 1. The minimum Gasteiger partial charge on any atom is -0.368 e. The molecule has 0 amide bonds. The summed E-state index contributed by atoms with van der Waals surface area (Å²) in [7, 11) is 0. The summed E-state index contributed by atoms with van der Waals surface area (Å²) in [5, 5.41) is 10.6. The SMILES string of the molecule is C=CCN(CCCCCl)c1ccc([N+](=O)[O-])cc1. The Morgan fingerprint density at radius 3 is 2.50 bits per heavy atom. The smallest absolute Gasteiger partial charge is 0.269 e. The predicted molar refractivity (Wildman–Crippen MR) is 75.5 cm³/mol. The van der Waals surface area contributed by atoms with Gasteiger partial charge in [0.1, 0.15) is 0 Å². The molecular formula is C13H17ClN2O2. The maximum absolute atomic E-state index is 10.6. The third-order valence-electron chi connectivity index (χ3n) is 2.59. The minimum absolute atomic E-state index is 0.109. The lowest BCUT2D eigenvalue weighted by Crippen LogP contribution is -2.24. The van der Waals surface area contributed by atoms with Gasteiger partial charge in [0, 0.05) is 36.8 Å². The van der Waals surface area contributed by atoms with Crippen LogP contribution in [0.2, 0.25) is 0 Å². The number of nitro benzene ring substituents is 1. The topological polar surface area (TPSA) is 46.4 Å². The summed E-state index contributed by atoms with van der Waals surface area (Å²) in [6.45, 7) is 5.32. The van der Waals surface area contributed by atoms with Gasteiger partial charge in [0.05, 0.1) is 4.92 Å². The number of benzene rings is 1. The van der Waals surface area contributed by atoms with Crippen molar-refractivity contribution < 1.29 is 4.92 Å². The van der Waals surface area contributed by atoms with Gasteiger partial charge in [-0.25, -0.2) is 0 Å². The number of non-ortho nitro benzene ring substituents is 1. The van der Waals surface area contributed by atoms with E-state index in [9.17, 15) is 10.1 Å². The lowest BCUT2D eigenvalue weighted by atomic mass is 10.2. The van der Waals surface area contributed by atoms with Crippen molar-refractivity contribution in [1.29, 1.82) is 0 Å². The molecule has 0 unspecified atom stereocenters. The number of alkyl halides is 1. The van der Waals surface area contributed by atoms with Crippen LogP contribution in [0.1, 0.15) is 12.8 Å². The van der Waals surface area contributed by atoms with Crippen LogP contribution in [0.5, 0.6) is 0 Å². The second kappa shape index (κ2) is 7.71. The first-order valence-corrected chi connectivity index (χ1v) is 6.38. The summed E-state index contributed by atoms with van der Waals surface area (Å²) in [5.74, 6) is 0.655. The molecular weight excluding hydrogens is 252 g/mol. The van der Waals surface area contributed by atoms with E-state index in [4.69, 9.17) is 11.6 Å². The van der Waals surface area contributed by atoms with Crippen LogP contribution in [0, 0.1) is 10.1 Å². The monoisotopic (exact) mass is 268 g/mol. The second-order valence-electron chi connectivity index (χ2n) is 3.90. The number of anilines is 1. The molecule has 0 aromatic heterocycles. The summed E-state index contributed by atoms with van der Waals surface area (Å²) in [6, 6.07) is 6.57. The third-order valence-corrected chi connectivity index (χ3v) is 2.85. The number of hydrogen-bond donors (Lipinski definition) is 0. The molecule has 0 N–H and O–H groups in total. The molecule has 0 spiro atoms. The van der Waals surface area contributed by atoms with Crippen molar-refractivity contribution >= 4 is 23.0 Å². The van der Waals surface area contributed by atoms with Crippen LogP contribution in [0.25, 0.3) is 0 Å². The van der Waals surface area contributed by atoms with Crippen molar-refractivity contribution in [2.24, 2.45) is 0 Å². The Balaban J connectivity index is 2.71. The van der Waals surface area contributed by atoms with E-state index in [1.165, 1.54) is 12.1 Å². The Bertz CT molecular complexity index is 392. The first kappa shape index (κ1) is 14.5. The molecule has 0 aliphatic carbocycles. The van der Waals surface area contributed by atoms with Gasteiger partial charge in [0.15, 0.2) is 0 Å². The molecule has 0 atom stereocenters. The van der Waals surface area contributed by atoms with Crippen molar-refractivity contribution in [3.05, 3.63) is 47.0 Å². The van der Waals surface area contributed by atoms with Crippen molar-refractivity contribution in [1.82, 2.24) is 0 Å². The highest BCUT2D eigenvalue weighted by Crippen LogP contribution is 2.19.